The van der Waals surface area contributed by atoms with E-state index in [1.807, 2.05) is 0 Å². The van der Waals surface area contributed by atoms with Crippen LogP contribution in [-0.2, 0) is 0 Å². The van der Waals surface area contributed by atoms with Crippen molar-refractivity contribution in [1.82, 2.24) is 5.32 Å². The molecular formula is C18H33NS. The summed E-state index contributed by atoms with van der Waals surface area (Å²) < 4.78 is 0. The molecule has 0 aromatic heterocycles. The third-order valence-electron chi connectivity index (χ3n) is 5.65. The fraction of sp³-hybridized carbons (Fsp3) is 1.00. The molecule has 20 heavy (non-hydrogen) atoms. The Labute approximate surface area is 130 Å². The summed E-state index contributed by atoms with van der Waals surface area (Å²) in [5, 5.41) is 6.02. The second kappa shape index (κ2) is 8.08. The van der Waals surface area contributed by atoms with Crippen LogP contribution in [0, 0.1) is 0 Å². The lowest BCUT2D eigenvalue weighted by molar-refractivity contribution is 0.350. The molecule has 116 valence electrons. The normalized spacial score (nSPS) is 40.8. The Hall–Kier alpha value is 0.310. The summed E-state index contributed by atoms with van der Waals surface area (Å²) in [4.78, 5) is 0. The molecule has 1 heterocycles. The van der Waals surface area contributed by atoms with Crippen LogP contribution in [-0.4, -0.2) is 22.6 Å². The Morgan fingerprint density at radius 2 is 1.20 bits per heavy atom. The molecule has 3 rings (SSSR count). The van der Waals surface area contributed by atoms with Gasteiger partial charge in [-0.2, -0.15) is 11.8 Å². The minimum absolute atomic E-state index is 0.828. The zero-order valence-electron chi connectivity index (χ0n) is 13.1. The Bertz CT molecular complexity index is 255. The first kappa shape index (κ1) is 15.2. The highest BCUT2D eigenvalue weighted by Gasteiger charge is 2.27. The second-order valence-corrected chi connectivity index (χ2v) is 8.99. The van der Waals surface area contributed by atoms with E-state index in [0.717, 1.165) is 22.6 Å². The van der Waals surface area contributed by atoms with Gasteiger partial charge in [-0.15, -0.1) is 0 Å². The van der Waals surface area contributed by atoms with Crippen molar-refractivity contribution in [2.24, 2.45) is 0 Å². The highest BCUT2D eigenvalue weighted by Crippen LogP contribution is 2.36. The maximum atomic E-state index is 4.09. The Morgan fingerprint density at radius 1 is 0.550 bits per heavy atom. The molecule has 0 spiro atoms. The number of hydrogen-bond acceptors (Lipinski definition) is 2. The maximum Gasteiger partial charge on any atom is 0.00801 e. The topological polar surface area (TPSA) is 12.0 Å². The number of nitrogens with one attached hydrogen (secondary N) is 1. The van der Waals surface area contributed by atoms with E-state index in [9.17, 15) is 0 Å². The van der Waals surface area contributed by atoms with Gasteiger partial charge in [-0.3, -0.25) is 0 Å². The fourth-order valence-electron chi connectivity index (χ4n) is 4.47. The zero-order valence-corrected chi connectivity index (χ0v) is 13.9. The lowest BCUT2D eigenvalue weighted by Crippen LogP contribution is -2.39. The molecule has 1 nitrogen and oxygen atoms in total. The largest absolute Gasteiger partial charge is 0.311 e. The molecule has 4 unspecified atom stereocenters. The molecule has 1 N–H and O–H groups in total. The smallest absolute Gasteiger partial charge is 0.00801 e. The van der Waals surface area contributed by atoms with Crippen molar-refractivity contribution in [3.05, 3.63) is 0 Å². The van der Waals surface area contributed by atoms with E-state index >= 15 is 0 Å². The van der Waals surface area contributed by atoms with E-state index in [4.69, 9.17) is 0 Å². The van der Waals surface area contributed by atoms with E-state index < -0.39 is 0 Å². The van der Waals surface area contributed by atoms with E-state index in [-0.39, 0.29) is 0 Å². The van der Waals surface area contributed by atoms with E-state index in [1.165, 1.54) is 89.9 Å². The van der Waals surface area contributed by atoms with Gasteiger partial charge in [0.05, 0.1) is 0 Å². The van der Waals surface area contributed by atoms with Crippen LogP contribution < -0.4 is 5.32 Å². The van der Waals surface area contributed by atoms with Gasteiger partial charge in [0.2, 0.25) is 0 Å². The summed E-state index contributed by atoms with van der Waals surface area (Å²) in [5.41, 5.74) is 0. The van der Waals surface area contributed by atoms with Crippen molar-refractivity contribution < 1.29 is 0 Å². The van der Waals surface area contributed by atoms with Crippen LogP contribution in [0.3, 0.4) is 0 Å². The third kappa shape index (κ3) is 4.66. The Morgan fingerprint density at radius 3 is 2.05 bits per heavy atom. The lowest BCUT2D eigenvalue weighted by Gasteiger charge is -2.27. The molecule has 2 saturated carbocycles. The molecular weight excluding hydrogens is 262 g/mol. The Balaban J connectivity index is 1.72. The van der Waals surface area contributed by atoms with Crippen molar-refractivity contribution in [2.45, 2.75) is 112 Å². The predicted molar refractivity (Wildman–Crippen MR) is 90.5 cm³/mol. The van der Waals surface area contributed by atoms with Gasteiger partial charge in [-0.25, -0.2) is 0 Å². The van der Waals surface area contributed by atoms with Gasteiger partial charge in [0.1, 0.15) is 0 Å². The van der Waals surface area contributed by atoms with Crippen LogP contribution in [0.15, 0.2) is 0 Å². The molecule has 4 atom stereocenters. The van der Waals surface area contributed by atoms with E-state index in [1.54, 1.807) is 0 Å². The summed E-state index contributed by atoms with van der Waals surface area (Å²) in [7, 11) is 0. The molecule has 2 aliphatic carbocycles. The summed E-state index contributed by atoms with van der Waals surface area (Å²) in [6.45, 7) is 0. The van der Waals surface area contributed by atoms with Crippen molar-refractivity contribution in [3.8, 4) is 0 Å². The van der Waals surface area contributed by atoms with Gasteiger partial charge in [0, 0.05) is 22.6 Å². The van der Waals surface area contributed by atoms with Gasteiger partial charge >= 0.3 is 0 Å². The number of rotatable bonds is 0. The monoisotopic (exact) mass is 295 g/mol. The predicted octanol–water partition coefficient (Wildman–Crippen LogP) is 5.29. The molecule has 0 radical (unpaired) electrons. The fourth-order valence-corrected chi connectivity index (χ4v) is 6.23. The van der Waals surface area contributed by atoms with Crippen molar-refractivity contribution in [3.63, 3.8) is 0 Å². The van der Waals surface area contributed by atoms with Crippen LogP contribution in [0.1, 0.15) is 89.9 Å². The van der Waals surface area contributed by atoms with Crippen molar-refractivity contribution in [1.29, 1.82) is 0 Å². The van der Waals surface area contributed by atoms with Crippen LogP contribution in [0.4, 0.5) is 0 Å². The summed E-state index contributed by atoms with van der Waals surface area (Å²) in [5.74, 6) is 0. The van der Waals surface area contributed by atoms with E-state index in [0.29, 0.717) is 0 Å². The molecule has 0 amide bonds. The zero-order chi connectivity index (χ0) is 13.6. The SMILES string of the molecule is C1CCCC2CC(CC1)NC1CCCCCC(CC1)S2. The quantitative estimate of drug-likeness (QED) is 0.652. The van der Waals surface area contributed by atoms with Crippen LogP contribution in [0.25, 0.3) is 0 Å². The average Bonchev–Trinajstić information content (AvgIpc) is 2.65. The van der Waals surface area contributed by atoms with Crippen LogP contribution in [0.5, 0.6) is 0 Å². The minimum Gasteiger partial charge on any atom is -0.311 e. The van der Waals surface area contributed by atoms with Crippen LogP contribution >= 0.6 is 11.8 Å². The van der Waals surface area contributed by atoms with E-state index in [2.05, 4.69) is 17.1 Å². The summed E-state index contributed by atoms with van der Waals surface area (Å²) in [6.07, 6.45) is 20.6. The van der Waals surface area contributed by atoms with Gasteiger partial charge in [-0.05, 0) is 44.9 Å². The van der Waals surface area contributed by atoms with Gasteiger partial charge < -0.3 is 5.32 Å². The molecule has 1 saturated heterocycles. The standard InChI is InChI=1S/C18H33NS/c1-2-6-11-18-14-16(9-4-1)19-15-8-5-3-7-10-17(20-18)13-12-15/h15-19H,1-14H2. The van der Waals surface area contributed by atoms with Gasteiger partial charge in [0.25, 0.3) is 0 Å². The maximum absolute atomic E-state index is 4.09. The summed E-state index contributed by atoms with van der Waals surface area (Å²) in [6, 6.07) is 1.66. The number of hydrogen-bond donors (Lipinski definition) is 1. The van der Waals surface area contributed by atoms with Crippen LogP contribution in [0.2, 0.25) is 0 Å². The highest BCUT2D eigenvalue weighted by molar-refractivity contribution is 8.00. The molecule has 0 aromatic carbocycles. The first-order valence-corrected chi connectivity index (χ1v) is 10.3. The highest BCUT2D eigenvalue weighted by atomic mass is 32.2. The lowest BCUT2D eigenvalue weighted by atomic mass is 9.99. The molecule has 1 aliphatic heterocycles. The minimum atomic E-state index is 0.828. The molecule has 4 bridgehead atoms. The van der Waals surface area contributed by atoms with Crippen molar-refractivity contribution >= 4 is 11.8 Å². The third-order valence-corrected chi connectivity index (χ3v) is 7.32. The number of thioether (sulfide) groups is 1. The molecule has 2 heteroatoms. The molecule has 3 fully saturated rings. The number of fused-ring (bicyclic) bond motifs is 5. The molecule has 0 aromatic rings. The average molecular weight is 296 g/mol. The first-order valence-electron chi connectivity index (χ1n) is 9.31. The van der Waals surface area contributed by atoms with Gasteiger partial charge in [0.15, 0.2) is 0 Å². The second-order valence-electron chi connectivity index (χ2n) is 7.38. The van der Waals surface area contributed by atoms with Crippen molar-refractivity contribution in [2.75, 3.05) is 0 Å². The van der Waals surface area contributed by atoms with Gasteiger partial charge in [-0.1, -0.05) is 44.9 Å². The summed E-state index contributed by atoms with van der Waals surface area (Å²) >= 11 is 2.40. The molecule has 3 aliphatic rings. The Kier molecular flexibility index (Phi) is 6.15. The first-order chi connectivity index (χ1) is 9.90.